The Bertz CT molecular complexity index is 641. The van der Waals surface area contributed by atoms with Gasteiger partial charge in [-0.05, 0) is 63.5 Å². The van der Waals surface area contributed by atoms with Crippen LogP contribution in [0.3, 0.4) is 0 Å². The highest BCUT2D eigenvalue weighted by Crippen LogP contribution is 2.33. The molecule has 1 saturated carbocycles. The van der Waals surface area contributed by atoms with Gasteiger partial charge in [0.1, 0.15) is 0 Å². The van der Waals surface area contributed by atoms with Gasteiger partial charge in [-0.15, -0.1) is 0 Å². The number of nitrogens with one attached hydrogen (secondary N) is 1. The highest BCUT2D eigenvalue weighted by atomic mass is 35.5. The molecule has 2 fully saturated rings. The fourth-order valence-electron chi connectivity index (χ4n) is 4.35. The summed E-state index contributed by atoms with van der Waals surface area (Å²) < 4.78 is 0. The third-order valence-electron chi connectivity index (χ3n) is 5.96. The van der Waals surface area contributed by atoms with Gasteiger partial charge in [-0.3, -0.25) is 9.59 Å². The van der Waals surface area contributed by atoms with Crippen molar-refractivity contribution in [2.45, 2.75) is 64.3 Å². The number of hydrogen-bond acceptors (Lipinski definition) is 2. The van der Waals surface area contributed by atoms with Crippen LogP contribution in [0.4, 0.5) is 5.69 Å². The third kappa shape index (κ3) is 4.40. The minimum absolute atomic E-state index is 0.0217. The van der Waals surface area contributed by atoms with Gasteiger partial charge in [-0.2, -0.15) is 0 Å². The lowest BCUT2D eigenvalue weighted by Crippen LogP contribution is -2.47. The third-order valence-corrected chi connectivity index (χ3v) is 6.29. The Hall–Kier alpha value is -1.55. The van der Waals surface area contributed by atoms with Crippen LogP contribution < -0.4 is 5.32 Å². The second-order valence-corrected chi connectivity index (χ2v) is 8.01. The molecule has 1 aromatic carbocycles. The zero-order valence-electron chi connectivity index (χ0n) is 15.5. The smallest absolute Gasteiger partial charge is 0.227 e. The summed E-state index contributed by atoms with van der Waals surface area (Å²) in [6.45, 7) is 3.08. The number of amides is 2. The van der Waals surface area contributed by atoms with Crippen molar-refractivity contribution in [3.05, 3.63) is 29.3 Å². The lowest BCUT2D eigenvalue weighted by Gasteiger charge is -2.39. The molecule has 1 unspecified atom stereocenters. The number of para-hydroxylation sites is 1. The maximum absolute atomic E-state index is 12.9. The van der Waals surface area contributed by atoms with Gasteiger partial charge in [0.25, 0.3) is 0 Å². The van der Waals surface area contributed by atoms with E-state index in [9.17, 15) is 9.59 Å². The number of piperidine rings is 1. The molecule has 4 nitrogen and oxygen atoms in total. The first kappa shape index (κ1) is 19.2. The second kappa shape index (κ2) is 8.90. The summed E-state index contributed by atoms with van der Waals surface area (Å²) in [4.78, 5) is 27.6. The van der Waals surface area contributed by atoms with E-state index in [1.165, 1.54) is 6.42 Å². The van der Waals surface area contributed by atoms with Crippen LogP contribution in [-0.2, 0) is 9.59 Å². The summed E-state index contributed by atoms with van der Waals surface area (Å²) in [5.41, 5.74) is 0.663. The molecule has 3 rings (SSSR count). The van der Waals surface area contributed by atoms with Crippen LogP contribution in [0.1, 0.15) is 58.3 Å². The van der Waals surface area contributed by atoms with Crippen molar-refractivity contribution < 1.29 is 9.59 Å². The molecule has 0 radical (unpaired) electrons. The van der Waals surface area contributed by atoms with Gasteiger partial charge in [-0.1, -0.05) is 30.7 Å². The van der Waals surface area contributed by atoms with Gasteiger partial charge in [0.15, 0.2) is 0 Å². The standard InChI is InChI=1S/C21H29ClN2O2/c1-2-17-7-5-6-14-24(17)21(26)16-12-10-15(11-13-16)20(25)23-19-9-4-3-8-18(19)22/h3-4,8-9,15-17H,2,5-7,10-14H2,1H3,(H,23,25). The number of halogens is 1. The monoisotopic (exact) mass is 376 g/mol. The first-order chi connectivity index (χ1) is 12.6. The Morgan fingerprint density at radius 1 is 1.08 bits per heavy atom. The highest BCUT2D eigenvalue weighted by Gasteiger charge is 2.35. The molecule has 1 saturated heterocycles. The Kier molecular flexibility index (Phi) is 6.58. The van der Waals surface area contributed by atoms with Crippen LogP contribution in [-0.4, -0.2) is 29.3 Å². The van der Waals surface area contributed by atoms with Crippen molar-refractivity contribution in [1.82, 2.24) is 4.90 Å². The van der Waals surface area contributed by atoms with Crippen molar-refractivity contribution in [1.29, 1.82) is 0 Å². The minimum Gasteiger partial charge on any atom is -0.339 e. The van der Waals surface area contributed by atoms with E-state index >= 15 is 0 Å². The number of nitrogens with zero attached hydrogens (tertiary/aromatic N) is 1. The number of carbonyl (C=O) groups excluding carboxylic acids is 2. The number of benzene rings is 1. The maximum atomic E-state index is 12.9. The highest BCUT2D eigenvalue weighted by molar-refractivity contribution is 6.33. The Labute approximate surface area is 161 Å². The number of anilines is 1. The SMILES string of the molecule is CCC1CCCCN1C(=O)C1CCC(C(=O)Nc2ccccc2Cl)CC1. The zero-order chi connectivity index (χ0) is 18.5. The first-order valence-corrected chi connectivity index (χ1v) is 10.3. The summed E-state index contributed by atoms with van der Waals surface area (Å²) >= 11 is 6.12. The second-order valence-electron chi connectivity index (χ2n) is 7.61. The van der Waals surface area contributed by atoms with E-state index in [0.717, 1.165) is 51.5 Å². The molecule has 0 aromatic heterocycles. The predicted octanol–water partition coefficient (Wildman–Crippen LogP) is 4.88. The van der Waals surface area contributed by atoms with Crippen LogP contribution >= 0.6 is 11.6 Å². The molecular weight excluding hydrogens is 348 g/mol. The summed E-state index contributed by atoms with van der Waals surface area (Å²) in [6.07, 6.45) is 7.71. The van der Waals surface area contributed by atoms with Gasteiger partial charge in [0.2, 0.25) is 11.8 Å². The molecule has 1 aliphatic heterocycles. The molecule has 1 aliphatic carbocycles. The summed E-state index contributed by atoms with van der Waals surface area (Å²) in [6, 6.07) is 7.71. The van der Waals surface area contributed by atoms with Crippen LogP contribution in [0, 0.1) is 11.8 Å². The maximum Gasteiger partial charge on any atom is 0.227 e. The summed E-state index contributed by atoms with van der Waals surface area (Å²) in [5.74, 6) is 0.403. The van der Waals surface area contributed by atoms with Crippen LogP contribution in [0.15, 0.2) is 24.3 Å². The normalized spacial score (nSPS) is 26.4. The molecule has 1 aromatic rings. The van der Waals surface area contributed by atoms with E-state index in [2.05, 4.69) is 17.1 Å². The van der Waals surface area contributed by atoms with E-state index in [-0.39, 0.29) is 17.7 Å². The van der Waals surface area contributed by atoms with Crippen LogP contribution in [0.5, 0.6) is 0 Å². The Morgan fingerprint density at radius 2 is 1.77 bits per heavy atom. The van der Waals surface area contributed by atoms with Crippen molar-refractivity contribution in [2.75, 3.05) is 11.9 Å². The molecule has 0 spiro atoms. The van der Waals surface area contributed by atoms with Gasteiger partial charge < -0.3 is 10.2 Å². The summed E-state index contributed by atoms with van der Waals surface area (Å²) in [7, 11) is 0. The quantitative estimate of drug-likeness (QED) is 0.814. The van der Waals surface area contributed by atoms with Gasteiger partial charge in [0, 0.05) is 24.4 Å². The molecule has 1 atom stereocenters. The molecular formula is C21H29ClN2O2. The average molecular weight is 377 g/mol. The van der Waals surface area contributed by atoms with Crippen LogP contribution in [0.25, 0.3) is 0 Å². The van der Waals surface area contributed by atoms with E-state index in [1.54, 1.807) is 6.07 Å². The van der Waals surface area contributed by atoms with E-state index in [0.29, 0.717) is 22.7 Å². The molecule has 2 amide bonds. The molecule has 1 N–H and O–H groups in total. The largest absolute Gasteiger partial charge is 0.339 e. The van der Waals surface area contributed by atoms with E-state index in [4.69, 9.17) is 11.6 Å². The number of hydrogen-bond donors (Lipinski definition) is 1. The van der Waals surface area contributed by atoms with E-state index < -0.39 is 0 Å². The van der Waals surface area contributed by atoms with Gasteiger partial charge in [0.05, 0.1) is 10.7 Å². The number of rotatable bonds is 4. The average Bonchev–Trinajstić information content (AvgIpc) is 2.69. The fraction of sp³-hybridized carbons (Fsp3) is 0.619. The van der Waals surface area contributed by atoms with E-state index in [1.807, 2.05) is 18.2 Å². The van der Waals surface area contributed by atoms with Crippen molar-refractivity contribution >= 4 is 29.1 Å². The minimum atomic E-state index is -0.0290. The molecule has 142 valence electrons. The van der Waals surface area contributed by atoms with Gasteiger partial charge in [-0.25, -0.2) is 0 Å². The van der Waals surface area contributed by atoms with Crippen molar-refractivity contribution in [2.24, 2.45) is 11.8 Å². The number of likely N-dealkylation sites (tertiary alicyclic amines) is 1. The van der Waals surface area contributed by atoms with Crippen molar-refractivity contribution in [3.63, 3.8) is 0 Å². The Morgan fingerprint density at radius 3 is 2.46 bits per heavy atom. The molecule has 0 bridgehead atoms. The summed E-state index contributed by atoms with van der Waals surface area (Å²) in [5, 5.41) is 3.49. The van der Waals surface area contributed by atoms with Crippen molar-refractivity contribution in [3.8, 4) is 0 Å². The topological polar surface area (TPSA) is 49.4 Å². The lowest BCUT2D eigenvalue weighted by molar-refractivity contribution is -0.141. The molecule has 2 aliphatic rings. The molecule has 26 heavy (non-hydrogen) atoms. The lowest BCUT2D eigenvalue weighted by atomic mass is 9.80. The van der Waals surface area contributed by atoms with Gasteiger partial charge >= 0.3 is 0 Å². The molecule has 1 heterocycles. The van der Waals surface area contributed by atoms with Crippen LogP contribution in [0.2, 0.25) is 5.02 Å². The molecule has 5 heteroatoms. The first-order valence-electron chi connectivity index (χ1n) is 9.96. The fourth-order valence-corrected chi connectivity index (χ4v) is 4.53. The number of carbonyl (C=O) groups is 2. The predicted molar refractivity (Wildman–Crippen MR) is 105 cm³/mol. The Balaban J connectivity index is 1.53. The zero-order valence-corrected chi connectivity index (χ0v) is 16.3.